The van der Waals surface area contributed by atoms with Crippen LogP contribution in [0.1, 0.15) is 37.9 Å². The molecule has 2 rings (SSSR count). The Balaban J connectivity index is 1.92. The number of hydrogen-bond donors (Lipinski definition) is 2. The fraction of sp³-hybridized carbons (Fsp3) is 0.250. The molecule has 0 spiro atoms. The number of carbonyl (C=O) groups excluding carboxylic acids is 2. The average molecular weight is 319 g/mol. The van der Waals surface area contributed by atoms with Gasteiger partial charge in [0.15, 0.2) is 5.78 Å². The minimum absolute atomic E-state index is 0.0673. The Kier molecular flexibility index (Phi) is 5.30. The molecule has 5 nitrogen and oxygen atoms in total. The summed E-state index contributed by atoms with van der Waals surface area (Å²) in [6.45, 7) is 1.55. The Morgan fingerprint density at radius 1 is 1.18 bits per heavy atom. The maximum Gasteiger partial charge on any atom is 0.261 e. The monoisotopic (exact) mass is 319 g/mol. The molecule has 2 aromatic rings. The number of carbonyl (C=O) groups is 2. The van der Waals surface area contributed by atoms with E-state index in [1.807, 2.05) is 0 Å². The fourth-order valence-corrected chi connectivity index (χ4v) is 2.69. The first-order valence-electron chi connectivity index (χ1n) is 6.72. The van der Waals surface area contributed by atoms with Crippen molar-refractivity contribution in [3.05, 3.63) is 51.7 Å². The van der Waals surface area contributed by atoms with Gasteiger partial charge < -0.3 is 15.2 Å². The van der Waals surface area contributed by atoms with Crippen molar-refractivity contribution >= 4 is 23.0 Å². The highest BCUT2D eigenvalue weighted by atomic mass is 32.1. The molecule has 1 heterocycles. The second kappa shape index (κ2) is 7.20. The molecule has 1 aromatic carbocycles. The molecule has 22 heavy (non-hydrogen) atoms. The summed E-state index contributed by atoms with van der Waals surface area (Å²) in [7, 11) is 1.57. The van der Waals surface area contributed by atoms with Crippen molar-refractivity contribution in [1.29, 1.82) is 0 Å². The second-order valence-electron chi connectivity index (χ2n) is 4.72. The van der Waals surface area contributed by atoms with Crippen LogP contribution in [0.2, 0.25) is 0 Å². The molecule has 0 bridgehead atoms. The third-order valence-corrected chi connectivity index (χ3v) is 4.32. The molecule has 6 heteroatoms. The summed E-state index contributed by atoms with van der Waals surface area (Å²) in [5.74, 6) is 0.336. The second-order valence-corrected chi connectivity index (χ2v) is 5.80. The van der Waals surface area contributed by atoms with Crippen LogP contribution < -0.4 is 10.1 Å². The number of hydrogen-bond acceptors (Lipinski definition) is 5. The van der Waals surface area contributed by atoms with Crippen molar-refractivity contribution in [1.82, 2.24) is 5.32 Å². The molecular weight excluding hydrogens is 302 g/mol. The smallest absolute Gasteiger partial charge is 0.261 e. The standard InChI is InChI=1S/C16H17NO4S/c1-10(18)14-7-8-15(22-14)16(20)17-9-13(19)11-3-5-12(21-2)6-4-11/h3-8,13,19H,9H2,1-2H3,(H,17,20). The predicted octanol–water partition coefficient (Wildman–Crippen LogP) is 2.42. The van der Waals surface area contributed by atoms with Gasteiger partial charge in [0.2, 0.25) is 0 Å². The van der Waals surface area contributed by atoms with E-state index in [2.05, 4.69) is 5.32 Å². The van der Waals surface area contributed by atoms with Crippen LogP contribution in [0.15, 0.2) is 36.4 Å². The number of thiophene rings is 1. The molecule has 116 valence electrons. The molecule has 2 N–H and O–H groups in total. The largest absolute Gasteiger partial charge is 0.497 e. The lowest BCUT2D eigenvalue weighted by Gasteiger charge is -2.12. The van der Waals surface area contributed by atoms with E-state index >= 15 is 0 Å². The molecule has 1 aromatic heterocycles. The van der Waals surface area contributed by atoms with E-state index in [1.165, 1.54) is 6.92 Å². The van der Waals surface area contributed by atoms with Crippen molar-refractivity contribution in [2.45, 2.75) is 13.0 Å². The number of methoxy groups -OCH3 is 1. The minimum atomic E-state index is -0.804. The Labute approximate surface area is 132 Å². The van der Waals surface area contributed by atoms with Gasteiger partial charge in [0, 0.05) is 6.54 Å². The first-order valence-corrected chi connectivity index (χ1v) is 7.54. The normalized spacial score (nSPS) is 11.8. The number of nitrogens with one attached hydrogen (secondary N) is 1. The molecule has 1 amide bonds. The number of benzene rings is 1. The SMILES string of the molecule is COc1ccc(C(O)CNC(=O)c2ccc(C(C)=O)s2)cc1. The molecule has 0 fully saturated rings. The Morgan fingerprint density at radius 2 is 1.82 bits per heavy atom. The minimum Gasteiger partial charge on any atom is -0.497 e. The summed E-state index contributed by atoms with van der Waals surface area (Å²) in [5, 5.41) is 12.7. The van der Waals surface area contributed by atoms with Crippen LogP contribution in [0, 0.1) is 0 Å². The van der Waals surface area contributed by atoms with Gasteiger partial charge in [-0.05, 0) is 36.8 Å². The van der Waals surface area contributed by atoms with Gasteiger partial charge in [0.1, 0.15) is 5.75 Å². The summed E-state index contributed by atoms with van der Waals surface area (Å²) in [5.41, 5.74) is 0.691. The first kappa shape index (κ1) is 16.2. The first-order chi connectivity index (χ1) is 10.5. The maximum atomic E-state index is 12.0. The van der Waals surface area contributed by atoms with Crippen molar-refractivity contribution in [2.75, 3.05) is 13.7 Å². The Hall–Kier alpha value is -2.18. The lowest BCUT2D eigenvalue weighted by atomic mass is 10.1. The van der Waals surface area contributed by atoms with Gasteiger partial charge in [-0.15, -0.1) is 11.3 Å². The van der Waals surface area contributed by atoms with Gasteiger partial charge in [0.05, 0.1) is 23.0 Å². The molecule has 0 saturated carbocycles. The van der Waals surface area contributed by atoms with E-state index in [0.29, 0.717) is 21.1 Å². The van der Waals surface area contributed by atoms with Gasteiger partial charge in [-0.1, -0.05) is 12.1 Å². The molecule has 0 aliphatic heterocycles. The third-order valence-electron chi connectivity index (χ3n) is 3.13. The Bertz CT molecular complexity index is 663. The van der Waals surface area contributed by atoms with Crippen LogP contribution in [-0.2, 0) is 0 Å². The average Bonchev–Trinajstić information content (AvgIpc) is 3.02. The summed E-state index contributed by atoms with van der Waals surface area (Å²) < 4.78 is 5.05. The quantitative estimate of drug-likeness (QED) is 0.802. The highest BCUT2D eigenvalue weighted by Crippen LogP contribution is 2.19. The van der Waals surface area contributed by atoms with Gasteiger partial charge in [-0.25, -0.2) is 0 Å². The van der Waals surface area contributed by atoms with Crippen molar-refractivity contribution in [2.24, 2.45) is 0 Å². The predicted molar refractivity (Wildman–Crippen MR) is 84.6 cm³/mol. The molecule has 0 aliphatic carbocycles. The van der Waals surface area contributed by atoms with E-state index in [-0.39, 0.29) is 18.2 Å². The highest BCUT2D eigenvalue weighted by molar-refractivity contribution is 7.15. The zero-order valence-electron chi connectivity index (χ0n) is 12.3. The zero-order valence-corrected chi connectivity index (χ0v) is 13.1. The number of amides is 1. The van der Waals surface area contributed by atoms with Gasteiger partial charge in [-0.2, -0.15) is 0 Å². The van der Waals surface area contributed by atoms with E-state index in [9.17, 15) is 14.7 Å². The third kappa shape index (κ3) is 3.93. The van der Waals surface area contributed by atoms with E-state index in [4.69, 9.17) is 4.74 Å². The van der Waals surface area contributed by atoms with Gasteiger partial charge >= 0.3 is 0 Å². The van der Waals surface area contributed by atoms with Crippen LogP contribution in [0.3, 0.4) is 0 Å². The van der Waals surface area contributed by atoms with Gasteiger partial charge in [0.25, 0.3) is 5.91 Å². The van der Waals surface area contributed by atoms with Crippen LogP contribution in [0.4, 0.5) is 0 Å². The van der Waals surface area contributed by atoms with E-state index in [0.717, 1.165) is 11.3 Å². The van der Waals surface area contributed by atoms with Crippen molar-refractivity contribution < 1.29 is 19.4 Å². The fourth-order valence-electron chi connectivity index (χ4n) is 1.87. The summed E-state index contributed by atoms with van der Waals surface area (Å²) in [6, 6.07) is 10.2. The van der Waals surface area contributed by atoms with E-state index in [1.54, 1.807) is 43.5 Å². The van der Waals surface area contributed by atoms with Crippen molar-refractivity contribution in [3.63, 3.8) is 0 Å². The Morgan fingerprint density at radius 3 is 2.36 bits per heavy atom. The highest BCUT2D eigenvalue weighted by Gasteiger charge is 2.14. The molecule has 0 saturated heterocycles. The summed E-state index contributed by atoms with van der Waals surface area (Å²) >= 11 is 1.14. The van der Waals surface area contributed by atoms with Gasteiger partial charge in [-0.3, -0.25) is 9.59 Å². The molecule has 0 radical (unpaired) electrons. The molecule has 0 aliphatic rings. The molecular formula is C16H17NO4S. The van der Waals surface area contributed by atoms with Crippen molar-refractivity contribution in [3.8, 4) is 5.75 Å². The summed E-state index contributed by atoms with van der Waals surface area (Å²) in [6.07, 6.45) is -0.804. The molecule has 1 unspecified atom stereocenters. The number of aliphatic hydroxyl groups is 1. The number of ketones is 1. The van der Waals surface area contributed by atoms with Crippen LogP contribution in [0.25, 0.3) is 0 Å². The number of Topliss-reactive ketones (excluding diaryl/α,β-unsaturated/α-hetero) is 1. The van der Waals surface area contributed by atoms with E-state index < -0.39 is 6.10 Å². The van der Waals surface area contributed by atoms with Crippen LogP contribution >= 0.6 is 11.3 Å². The zero-order chi connectivity index (χ0) is 16.1. The topological polar surface area (TPSA) is 75.6 Å². The van der Waals surface area contributed by atoms with Crippen LogP contribution in [-0.4, -0.2) is 30.5 Å². The number of rotatable bonds is 6. The molecule has 1 atom stereocenters. The number of aliphatic hydroxyl groups excluding tert-OH is 1. The van der Waals surface area contributed by atoms with Crippen LogP contribution in [0.5, 0.6) is 5.75 Å². The summed E-state index contributed by atoms with van der Waals surface area (Å²) in [4.78, 5) is 24.2. The maximum absolute atomic E-state index is 12.0. The lowest BCUT2D eigenvalue weighted by Crippen LogP contribution is -2.27. The lowest BCUT2D eigenvalue weighted by molar-refractivity contribution is 0.0920. The number of ether oxygens (including phenoxy) is 1.